The lowest BCUT2D eigenvalue weighted by Gasteiger charge is -2.25. The van der Waals surface area contributed by atoms with E-state index in [4.69, 9.17) is 37.1 Å². The van der Waals surface area contributed by atoms with Gasteiger partial charge in [0.15, 0.2) is 0 Å². The van der Waals surface area contributed by atoms with Crippen LogP contribution in [-0.4, -0.2) is 264 Å². The molecule has 0 aliphatic carbocycles. The van der Waals surface area contributed by atoms with Crippen LogP contribution in [0.5, 0.6) is 0 Å². The molecule has 10 heterocycles. The minimum Gasteiger partial charge on any atom is -0.459 e. The lowest BCUT2D eigenvalue weighted by atomic mass is 9.91. The molecule has 6 unspecified atom stereocenters. The monoisotopic (exact) mass is 2330 g/mol. The lowest BCUT2D eigenvalue weighted by molar-refractivity contribution is -0.157. The van der Waals surface area contributed by atoms with Crippen molar-refractivity contribution in [2.45, 2.75) is 155 Å². The number of nitrogens with zero attached hydrogens (tertiary/aromatic N) is 11. The number of carbonyl (C=O) groups excluding carboxylic acids is 15. The number of primary amides is 4. The van der Waals surface area contributed by atoms with E-state index in [1.54, 1.807) is 57.7 Å². The average Bonchev–Trinajstić information content (AvgIpc) is 1.64. The fourth-order valence-corrected chi connectivity index (χ4v) is 17.0. The van der Waals surface area contributed by atoms with Crippen molar-refractivity contribution < 1.29 is 86.1 Å². The number of likely N-dealkylation sites (tertiary alicyclic amines) is 3. The molecule has 6 saturated heterocycles. The molecule has 794 valence electrons. The first-order valence-corrected chi connectivity index (χ1v) is 51.6. The molecule has 12 amide bonds. The highest BCUT2D eigenvalue weighted by atomic mass is 79.9. The standard InChI is InChI=1S/C26H32BrN7O5.C25H31BrN8O5.C25H30BrN7O5S.C21H26BrN7O3/c1-26(2,23(28)37)24(38)30-10-4-9-29-21-18(27)13-31-25(33-21)32-16-6-3-5-15(11-16)7-8-20(35)34-14-17-12-19(34)22(36)39-17;1-25(2,22(27)37)23(38)29-8-4-7-28-20-17(26)11-31-24(33-20)32-15-6-3-5-14(9-15)30-12-19(35)34-13-16-10-18(34)21(36)39-16;1-25(2,22(27)36)23(37)29-8-4-7-28-20-17(26)11-30-24(32-20)31-14-5-3-6-16(9-14)39-13-19(34)33-12-15-10-18(33)21(35)38-15;1-4-16(30)27-13-7-5-8-14(11-13)28-20-26-12-15(22)17(29-20)24-9-6-10-25-19(32)21(2,3)18(23)31/h3,5-6,11,13,17,19H,4,7-10,12,14H2,1-2H3,(H2,28,37)(H,30,38)(H2,29,31,32,33);3,5-6,9,11,16,18,30H,4,7-8,10,12-13H2,1-2H3,(H2,27,37)(H,29,38)(H2,28,31,32,33);3,5-6,9,11,15,18H,4,7-8,10,12-13H2,1-2H3,(H2,27,36)(H,29,37)(H2,28,30,31,32);4-5,7-8,11-12H,1,6,9-10H2,2-3H3,(H2,23,31)(H,25,32)(H,27,30)(H2,24,26,28,29). The first-order chi connectivity index (χ1) is 70.7. The number of rotatable bonds is 47. The summed E-state index contributed by atoms with van der Waals surface area (Å²) in [6.45, 7) is 20.3. The lowest BCUT2D eigenvalue weighted by Crippen LogP contribution is -2.46. The molecule has 4 aromatic heterocycles. The maximum atomic E-state index is 12.7. The van der Waals surface area contributed by atoms with Gasteiger partial charge in [-0.25, -0.2) is 34.3 Å². The summed E-state index contributed by atoms with van der Waals surface area (Å²) in [6.07, 6.45) is 12.1. The minimum absolute atomic E-state index is 0.0411. The molecule has 0 saturated carbocycles. The number of aryl methyl sites for hydroxylation is 1. The van der Waals surface area contributed by atoms with Crippen molar-refractivity contribution in [2.75, 3.05) is 137 Å². The summed E-state index contributed by atoms with van der Waals surface area (Å²) in [5.41, 5.74) is 21.2. The number of hydrogen-bond donors (Lipinski definition) is 18. The number of morpholine rings is 3. The second kappa shape index (κ2) is 52.9. The van der Waals surface area contributed by atoms with Crippen molar-refractivity contribution in [2.24, 2.45) is 44.6 Å². The van der Waals surface area contributed by atoms with Crippen LogP contribution < -0.4 is 97.4 Å². The van der Waals surface area contributed by atoms with Gasteiger partial charge in [0.25, 0.3) is 0 Å². The summed E-state index contributed by atoms with van der Waals surface area (Å²) in [5.74, 6) is -1.88. The molecule has 22 N–H and O–H groups in total. The Morgan fingerprint density at radius 3 is 1.05 bits per heavy atom. The molecule has 149 heavy (non-hydrogen) atoms. The molecular weight excluding hydrogens is 2210 g/mol. The maximum Gasteiger partial charge on any atom is 0.329 e. The Hall–Kier alpha value is -14.5. The van der Waals surface area contributed by atoms with E-state index in [1.165, 1.54) is 73.2 Å². The van der Waals surface area contributed by atoms with Crippen LogP contribution in [0.3, 0.4) is 0 Å². The highest BCUT2D eigenvalue weighted by Gasteiger charge is 2.51. The van der Waals surface area contributed by atoms with Crippen LogP contribution in [0.1, 0.15) is 112 Å². The first-order valence-electron chi connectivity index (χ1n) is 47.4. The molecule has 6 bridgehead atoms. The fourth-order valence-electron chi connectivity index (χ4n) is 14.9. The summed E-state index contributed by atoms with van der Waals surface area (Å²) in [4.78, 5) is 219. The minimum atomic E-state index is -1.27. The summed E-state index contributed by atoms with van der Waals surface area (Å²) in [6, 6.07) is 28.3. The number of aromatic nitrogens is 8. The van der Waals surface area contributed by atoms with Gasteiger partial charge in [0.05, 0.1) is 49.8 Å². The summed E-state index contributed by atoms with van der Waals surface area (Å²) < 4.78 is 18.2. The van der Waals surface area contributed by atoms with E-state index in [1.807, 2.05) is 78.9 Å². The van der Waals surface area contributed by atoms with Gasteiger partial charge in [0.1, 0.15) is 81.4 Å². The van der Waals surface area contributed by atoms with Gasteiger partial charge in [0, 0.05) is 142 Å². The van der Waals surface area contributed by atoms with Crippen LogP contribution in [0.4, 0.5) is 81.2 Å². The van der Waals surface area contributed by atoms with E-state index in [9.17, 15) is 71.9 Å². The number of carbonyl (C=O) groups is 15. The second-order valence-electron chi connectivity index (χ2n) is 37.0. The van der Waals surface area contributed by atoms with Crippen LogP contribution in [0.2, 0.25) is 0 Å². The van der Waals surface area contributed by atoms with E-state index >= 15 is 0 Å². The largest absolute Gasteiger partial charge is 0.459 e. The highest BCUT2D eigenvalue weighted by Crippen LogP contribution is 2.36. The number of nitrogens with two attached hydrogens (primary N) is 4. The summed E-state index contributed by atoms with van der Waals surface area (Å²) in [7, 11) is 0. The Bertz CT molecular complexity index is 5850. The van der Waals surface area contributed by atoms with Gasteiger partial charge in [-0.1, -0.05) is 36.9 Å². The molecule has 14 rings (SSSR count). The molecule has 6 atom stereocenters. The molecule has 0 radical (unpaired) electrons. The molecule has 8 aromatic rings. The van der Waals surface area contributed by atoms with E-state index in [2.05, 4.69) is 185 Å². The predicted octanol–water partition coefficient (Wildman–Crippen LogP) is 7.79. The van der Waals surface area contributed by atoms with Gasteiger partial charge in [-0.2, -0.15) is 19.9 Å². The average molecular weight is 2330 g/mol. The number of anilines is 14. The van der Waals surface area contributed by atoms with Crippen LogP contribution >= 0.6 is 75.5 Å². The second-order valence-corrected chi connectivity index (χ2v) is 41.4. The molecule has 6 fully saturated rings. The number of ether oxygens (including phenoxy) is 3. The zero-order chi connectivity index (χ0) is 108. The quantitative estimate of drug-likeness (QED) is 0.00432. The number of thioether (sulfide) groups is 1. The van der Waals surface area contributed by atoms with Gasteiger partial charge in [-0.15, -0.1) is 11.8 Å². The van der Waals surface area contributed by atoms with Crippen molar-refractivity contribution in [1.29, 1.82) is 0 Å². The Morgan fingerprint density at radius 1 is 0.403 bits per heavy atom. The summed E-state index contributed by atoms with van der Waals surface area (Å²) >= 11 is 15.1. The van der Waals surface area contributed by atoms with Gasteiger partial charge >= 0.3 is 17.9 Å². The molecule has 4 aromatic carbocycles. The first kappa shape index (κ1) is 115. The third-order valence-corrected chi connectivity index (χ3v) is 27.5. The zero-order valence-corrected chi connectivity index (χ0v) is 90.0. The molecule has 47 nitrogen and oxygen atoms in total. The van der Waals surface area contributed by atoms with E-state index in [-0.39, 0.29) is 72.1 Å². The van der Waals surface area contributed by atoms with Crippen molar-refractivity contribution in [1.82, 2.24) is 75.8 Å². The third-order valence-electron chi connectivity index (χ3n) is 24.2. The van der Waals surface area contributed by atoms with Crippen molar-refractivity contribution in [3.05, 3.63) is 158 Å². The highest BCUT2D eigenvalue weighted by molar-refractivity contribution is 9.11. The van der Waals surface area contributed by atoms with Gasteiger partial charge in [-0.3, -0.25) is 57.5 Å². The Labute approximate surface area is 895 Å². The number of esters is 3. The van der Waals surface area contributed by atoms with E-state index in [0.29, 0.717) is 212 Å². The van der Waals surface area contributed by atoms with Gasteiger partial charge < -0.3 is 126 Å². The number of hydrogen-bond acceptors (Lipinski definition) is 36. The maximum absolute atomic E-state index is 12.7. The Kier molecular flexibility index (Phi) is 40.7. The van der Waals surface area contributed by atoms with Crippen molar-refractivity contribution in [3.63, 3.8) is 0 Å². The predicted molar refractivity (Wildman–Crippen MR) is 571 cm³/mol. The normalized spacial score (nSPS) is 16.4. The van der Waals surface area contributed by atoms with Crippen molar-refractivity contribution >= 4 is 245 Å². The van der Waals surface area contributed by atoms with Gasteiger partial charge in [0.2, 0.25) is 94.7 Å². The number of amides is 12. The van der Waals surface area contributed by atoms with Crippen LogP contribution in [0.25, 0.3) is 0 Å². The zero-order valence-electron chi connectivity index (χ0n) is 82.8. The number of halogens is 4. The number of benzene rings is 4. The van der Waals surface area contributed by atoms with Crippen LogP contribution in [0, 0.1) is 21.7 Å². The molecule has 6 aliphatic rings. The van der Waals surface area contributed by atoms with Crippen LogP contribution in [-0.2, 0) is 92.5 Å². The van der Waals surface area contributed by atoms with E-state index < -0.39 is 87.0 Å². The summed E-state index contributed by atoms with van der Waals surface area (Å²) in [5, 5.41) is 42.0. The van der Waals surface area contributed by atoms with E-state index in [0.717, 1.165) is 27.5 Å². The molecule has 0 spiro atoms. The van der Waals surface area contributed by atoms with Crippen molar-refractivity contribution in [3.8, 4) is 0 Å². The number of nitrogens with one attached hydrogen (secondary N) is 14. The Balaban J connectivity index is 0.000000189. The Morgan fingerprint density at radius 2 is 0.711 bits per heavy atom. The topological polar surface area (TPSA) is 669 Å². The molecule has 52 heteroatoms. The number of fused-ring (bicyclic) bond motifs is 6. The third kappa shape index (κ3) is 32.5. The fraction of sp³-hybridized carbons (Fsp3) is 0.412. The molecular formula is C97H119Br4N29O18S. The van der Waals surface area contributed by atoms with Gasteiger partial charge in [-0.05, 0) is 230 Å². The molecule has 6 aliphatic heterocycles. The SMILES string of the molecule is C=CC(=O)Nc1cccc(Nc2ncc(Br)c(NCCCNC(=O)C(C)(C)C(N)=O)n2)c1.CC(C)(C(N)=O)C(=O)NCCCNc1nc(Nc2cccc(CCC(=O)N3CC4CC3C(=O)O4)c2)ncc1Br.CC(C)(C(N)=O)C(=O)NCCCNc1nc(Nc2cccc(NCC(=O)N3CC4CC3C(=O)O4)c2)ncc1Br.CC(C)(C(N)=O)C(=O)NCCCNc1nc(Nc2cccc(SCC(=O)N3CC4CC3C(=O)O4)c2)ncc1Br. The van der Waals surface area contributed by atoms with Crippen LogP contribution in [0.15, 0.2) is 157 Å². The smallest absolute Gasteiger partial charge is 0.329 e.